The Hall–Kier alpha value is -1.11. The van der Waals surface area contributed by atoms with Gasteiger partial charge in [-0.15, -0.1) is 0 Å². The summed E-state index contributed by atoms with van der Waals surface area (Å²) in [5, 5.41) is 2.88. The van der Waals surface area contributed by atoms with Crippen LogP contribution in [0.4, 0.5) is 4.79 Å². The van der Waals surface area contributed by atoms with Crippen LogP contribution in [0.15, 0.2) is 6.33 Å². The third-order valence-corrected chi connectivity index (χ3v) is 2.66. The lowest BCUT2D eigenvalue weighted by Crippen LogP contribution is -2.38. The highest BCUT2D eigenvalue weighted by atomic mass is 35.5. The predicted molar refractivity (Wildman–Crippen MR) is 73.2 cm³/mol. The molecule has 0 aromatic carbocycles. The van der Waals surface area contributed by atoms with E-state index in [1.54, 1.807) is 20.8 Å². The first-order chi connectivity index (χ1) is 8.74. The van der Waals surface area contributed by atoms with Crippen LogP contribution in [0.5, 0.6) is 0 Å². The first kappa shape index (κ1) is 15.9. The Morgan fingerprint density at radius 3 is 2.37 bits per heavy atom. The second-order valence-electron chi connectivity index (χ2n) is 4.80. The molecule has 0 fully saturated rings. The molecule has 0 spiro atoms. The van der Waals surface area contributed by atoms with E-state index in [-0.39, 0.29) is 16.9 Å². The molecule has 0 aliphatic rings. The third-order valence-electron chi connectivity index (χ3n) is 2.06. The van der Waals surface area contributed by atoms with Crippen LogP contribution in [0.1, 0.15) is 32.4 Å². The minimum Gasteiger partial charge on any atom is -0.444 e. The van der Waals surface area contributed by atoms with Crippen LogP contribution in [0.25, 0.3) is 0 Å². The Balaban J connectivity index is 2.87. The van der Waals surface area contributed by atoms with Crippen molar-refractivity contribution in [2.24, 2.45) is 5.73 Å². The first-order valence-electron chi connectivity index (χ1n) is 5.60. The van der Waals surface area contributed by atoms with Gasteiger partial charge in [0.25, 0.3) is 0 Å². The van der Waals surface area contributed by atoms with Crippen molar-refractivity contribution in [2.45, 2.75) is 32.4 Å². The van der Waals surface area contributed by atoms with Gasteiger partial charge in [-0.1, -0.05) is 23.2 Å². The Morgan fingerprint density at radius 1 is 1.42 bits per heavy atom. The molecule has 3 N–H and O–H groups in total. The topological polar surface area (TPSA) is 90.1 Å². The maximum absolute atomic E-state index is 11.7. The average molecular weight is 307 g/mol. The summed E-state index contributed by atoms with van der Waals surface area (Å²) in [7, 11) is 0. The summed E-state index contributed by atoms with van der Waals surface area (Å²) in [6.45, 7) is 5.37. The summed E-state index contributed by atoms with van der Waals surface area (Å²) in [5.41, 5.74) is 5.38. The SMILES string of the molecule is CC(C)(C)OC(=O)NC(CN)c1c(Cl)ncnc1Cl. The molecular formula is C11H16Cl2N4O2. The molecule has 0 radical (unpaired) electrons. The molecule has 1 amide bonds. The van der Waals surface area contributed by atoms with E-state index in [0.717, 1.165) is 0 Å². The number of hydrogen-bond donors (Lipinski definition) is 2. The number of amides is 1. The predicted octanol–water partition coefficient (Wildman–Crippen LogP) is 2.31. The van der Waals surface area contributed by atoms with Crippen molar-refractivity contribution in [1.29, 1.82) is 0 Å². The molecule has 1 atom stereocenters. The van der Waals surface area contributed by atoms with Crippen molar-refractivity contribution < 1.29 is 9.53 Å². The van der Waals surface area contributed by atoms with Gasteiger partial charge in [-0.3, -0.25) is 0 Å². The number of halogens is 2. The van der Waals surface area contributed by atoms with Gasteiger partial charge in [0.15, 0.2) is 0 Å². The molecule has 1 rings (SSSR count). The zero-order chi connectivity index (χ0) is 14.6. The Bertz CT molecular complexity index is 442. The highest BCUT2D eigenvalue weighted by molar-refractivity contribution is 6.34. The lowest BCUT2D eigenvalue weighted by molar-refractivity contribution is 0.0505. The van der Waals surface area contributed by atoms with Crippen LogP contribution in [-0.2, 0) is 4.74 Å². The van der Waals surface area contributed by atoms with Gasteiger partial charge in [0.05, 0.1) is 11.6 Å². The maximum atomic E-state index is 11.7. The monoisotopic (exact) mass is 306 g/mol. The molecule has 1 heterocycles. The molecule has 1 unspecified atom stereocenters. The maximum Gasteiger partial charge on any atom is 0.408 e. The number of carbonyl (C=O) groups excluding carboxylic acids is 1. The van der Waals surface area contributed by atoms with E-state index in [2.05, 4.69) is 15.3 Å². The lowest BCUT2D eigenvalue weighted by atomic mass is 10.1. The smallest absolute Gasteiger partial charge is 0.408 e. The molecular weight excluding hydrogens is 291 g/mol. The second kappa shape index (κ2) is 6.36. The zero-order valence-corrected chi connectivity index (χ0v) is 12.4. The molecule has 0 saturated carbocycles. The molecule has 0 bridgehead atoms. The number of nitrogens with two attached hydrogens (primary N) is 1. The molecule has 6 nitrogen and oxygen atoms in total. The number of aromatic nitrogens is 2. The first-order valence-corrected chi connectivity index (χ1v) is 6.35. The molecule has 106 valence electrons. The summed E-state index contributed by atoms with van der Waals surface area (Å²) in [6, 6.07) is -0.615. The van der Waals surface area contributed by atoms with Gasteiger partial charge >= 0.3 is 6.09 Å². The molecule has 0 saturated heterocycles. The van der Waals surface area contributed by atoms with Crippen LogP contribution in [-0.4, -0.2) is 28.2 Å². The van der Waals surface area contributed by atoms with Gasteiger partial charge in [0.2, 0.25) is 0 Å². The van der Waals surface area contributed by atoms with Gasteiger partial charge in [-0.25, -0.2) is 14.8 Å². The molecule has 19 heavy (non-hydrogen) atoms. The van der Waals surface area contributed by atoms with E-state index < -0.39 is 17.7 Å². The van der Waals surface area contributed by atoms with Gasteiger partial charge in [-0.05, 0) is 20.8 Å². The van der Waals surface area contributed by atoms with Crippen molar-refractivity contribution in [3.63, 3.8) is 0 Å². The van der Waals surface area contributed by atoms with Crippen molar-refractivity contribution in [3.8, 4) is 0 Å². The summed E-state index contributed by atoms with van der Waals surface area (Å²) in [6.07, 6.45) is 0.619. The number of carbonyl (C=O) groups is 1. The van der Waals surface area contributed by atoms with Crippen LogP contribution >= 0.6 is 23.2 Å². The Morgan fingerprint density at radius 2 is 1.95 bits per heavy atom. The lowest BCUT2D eigenvalue weighted by Gasteiger charge is -2.23. The largest absolute Gasteiger partial charge is 0.444 e. The number of rotatable bonds is 3. The molecule has 1 aromatic heterocycles. The summed E-state index contributed by atoms with van der Waals surface area (Å²) in [5.74, 6) is 0. The number of alkyl carbamates (subject to hydrolysis) is 1. The van der Waals surface area contributed by atoms with Gasteiger partial charge in [-0.2, -0.15) is 0 Å². The highest BCUT2D eigenvalue weighted by Gasteiger charge is 2.23. The summed E-state index contributed by atoms with van der Waals surface area (Å²) >= 11 is 11.9. The summed E-state index contributed by atoms with van der Waals surface area (Å²) in [4.78, 5) is 19.3. The minimum atomic E-state index is -0.615. The quantitative estimate of drug-likeness (QED) is 0.836. The molecule has 8 heteroatoms. The van der Waals surface area contributed by atoms with Crippen LogP contribution < -0.4 is 11.1 Å². The van der Waals surface area contributed by atoms with Crippen LogP contribution in [0, 0.1) is 0 Å². The fourth-order valence-corrected chi connectivity index (χ4v) is 1.92. The van der Waals surface area contributed by atoms with Crippen LogP contribution in [0.3, 0.4) is 0 Å². The van der Waals surface area contributed by atoms with E-state index in [4.69, 9.17) is 33.7 Å². The van der Waals surface area contributed by atoms with Gasteiger partial charge < -0.3 is 15.8 Å². The normalized spacial score (nSPS) is 12.9. The van der Waals surface area contributed by atoms with E-state index >= 15 is 0 Å². The van der Waals surface area contributed by atoms with E-state index in [1.165, 1.54) is 6.33 Å². The van der Waals surface area contributed by atoms with Crippen molar-refractivity contribution >= 4 is 29.3 Å². The standard InChI is InChI=1S/C11H16Cl2N4O2/c1-11(2,3)19-10(18)17-6(4-14)7-8(12)15-5-16-9(7)13/h5-6H,4,14H2,1-3H3,(H,17,18). The molecule has 1 aromatic rings. The molecule has 0 aliphatic carbocycles. The highest BCUT2D eigenvalue weighted by Crippen LogP contribution is 2.26. The number of ether oxygens (including phenoxy) is 1. The number of hydrogen-bond acceptors (Lipinski definition) is 5. The molecule has 0 aliphatic heterocycles. The minimum absolute atomic E-state index is 0.0893. The van der Waals surface area contributed by atoms with Gasteiger partial charge in [0.1, 0.15) is 22.2 Å². The van der Waals surface area contributed by atoms with E-state index in [0.29, 0.717) is 5.56 Å². The van der Waals surface area contributed by atoms with E-state index in [9.17, 15) is 4.79 Å². The van der Waals surface area contributed by atoms with Crippen LogP contribution in [0.2, 0.25) is 10.3 Å². The van der Waals surface area contributed by atoms with Gasteiger partial charge in [0, 0.05) is 6.54 Å². The average Bonchev–Trinajstić information content (AvgIpc) is 2.24. The number of nitrogens with one attached hydrogen (secondary N) is 1. The van der Waals surface area contributed by atoms with Crippen molar-refractivity contribution in [1.82, 2.24) is 15.3 Å². The Kier molecular flexibility index (Phi) is 5.34. The summed E-state index contributed by atoms with van der Waals surface area (Å²) < 4.78 is 5.14. The van der Waals surface area contributed by atoms with Crippen molar-refractivity contribution in [2.75, 3.05) is 6.54 Å². The fraction of sp³-hybridized carbons (Fsp3) is 0.545. The Labute approximate surface area is 121 Å². The van der Waals surface area contributed by atoms with E-state index in [1.807, 2.05) is 0 Å². The zero-order valence-electron chi connectivity index (χ0n) is 10.9. The number of nitrogens with zero attached hydrogens (tertiary/aromatic N) is 2. The second-order valence-corrected chi connectivity index (χ2v) is 5.52. The fourth-order valence-electron chi connectivity index (χ4n) is 1.34. The third kappa shape index (κ3) is 4.81. The van der Waals surface area contributed by atoms with Crippen molar-refractivity contribution in [3.05, 3.63) is 22.2 Å².